The summed E-state index contributed by atoms with van der Waals surface area (Å²) in [6, 6.07) is 0.227. The van der Waals surface area contributed by atoms with Gasteiger partial charge in [-0.1, -0.05) is 32.6 Å². The zero-order valence-corrected chi connectivity index (χ0v) is 17.4. The van der Waals surface area contributed by atoms with Gasteiger partial charge in [0, 0.05) is 25.6 Å². The van der Waals surface area contributed by atoms with E-state index in [2.05, 4.69) is 19.2 Å². The van der Waals surface area contributed by atoms with Gasteiger partial charge in [0.25, 0.3) is 0 Å². The van der Waals surface area contributed by atoms with Gasteiger partial charge in [-0.2, -0.15) is 0 Å². The Morgan fingerprint density at radius 2 is 1.88 bits per heavy atom. The van der Waals surface area contributed by atoms with Crippen molar-refractivity contribution in [3.63, 3.8) is 0 Å². The Morgan fingerprint density at radius 1 is 1.19 bits per heavy atom. The molecule has 5 nitrogen and oxygen atoms in total. The van der Waals surface area contributed by atoms with Crippen molar-refractivity contribution in [1.29, 1.82) is 0 Å². The molecule has 2 aliphatic rings. The smallest absolute Gasteiger partial charge is 0.224 e. The van der Waals surface area contributed by atoms with E-state index in [4.69, 9.17) is 5.73 Å². The predicted molar refractivity (Wildman–Crippen MR) is 108 cm³/mol. The van der Waals surface area contributed by atoms with Gasteiger partial charge in [-0.05, 0) is 51.0 Å². The van der Waals surface area contributed by atoms with Crippen molar-refractivity contribution in [1.82, 2.24) is 10.2 Å². The number of hydrogen-bond acceptors (Lipinski definition) is 3. The molecule has 152 valence electrons. The molecule has 2 fully saturated rings. The number of likely N-dealkylation sites (tertiary alicyclic amines) is 1. The summed E-state index contributed by atoms with van der Waals surface area (Å²) in [5.41, 5.74) is 6.05. The van der Waals surface area contributed by atoms with Gasteiger partial charge in [0.2, 0.25) is 11.8 Å². The van der Waals surface area contributed by atoms with Crippen LogP contribution in [0.5, 0.6) is 0 Å². The highest BCUT2D eigenvalue weighted by molar-refractivity contribution is 5.85. The fourth-order valence-corrected chi connectivity index (χ4v) is 4.38. The SMILES string of the molecule is CCCCNC(=O)C1CCC(C)N(C(=O)CC2(CN)CCCCC2)C1.Cl. The van der Waals surface area contributed by atoms with E-state index in [1.54, 1.807) is 0 Å². The first-order valence-corrected chi connectivity index (χ1v) is 10.3. The van der Waals surface area contributed by atoms with Gasteiger partial charge >= 0.3 is 0 Å². The number of rotatable bonds is 7. The van der Waals surface area contributed by atoms with E-state index >= 15 is 0 Å². The van der Waals surface area contributed by atoms with E-state index in [9.17, 15) is 9.59 Å². The molecule has 1 aliphatic carbocycles. The summed E-state index contributed by atoms with van der Waals surface area (Å²) in [5, 5.41) is 3.03. The van der Waals surface area contributed by atoms with Crippen molar-refractivity contribution in [2.45, 2.75) is 84.1 Å². The third kappa shape index (κ3) is 6.12. The van der Waals surface area contributed by atoms with E-state index in [1.165, 1.54) is 19.3 Å². The monoisotopic (exact) mass is 387 g/mol. The molecule has 2 atom stereocenters. The van der Waals surface area contributed by atoms with Crippen LogP contribution in [-0.2, 0) is 9.59 Å². The van der Waals surface area contributed by atoms with Crippen molar-refractivity contribution in [2.75, 3.05) is 19.6 Å². The van der Waals surface area contributed by atoms with Gasteiger partial charge in [0.05, 0.1) is 5.92 Å². The van der Waals surface area contributed by atoms with Crippen LogP contribution >= 0.6 is 12.4 Å². The molecule has 1 aliphatic heterocycles. The van der Waals surface area contributed by atoms with Crippen molar-refractivity contribution in [3.05, 3.63) is 0 Å². The van der Waals surface area contributed by atoms with Crippen LogP contribution in [0.3, 0.4) is 0 Å². The number of nitrogens with two attached hydrogens (primary N) is 1. The summed E-state index contributed by atoms with van der Waals surface area (Å²) in [6.45, 7) is 6.14. The van der Waals surface area contributed by atoms with Crippen molar-refractivity contribution >= 4 is 24.2 Å². The lowest BCUT2D eigenvalue weighted by Gasteiger charge is -2.41. The van der Waals surface area contributed by atoms with Crippen molar-refractivity contribution in [3.8, 4) is 0 Å². The molecule has 2 amide bonds. The Bertz CT molecular complexity index is 452. The maximum Gasteiger partial charge on any atom is 0.224 e. The van der Waals surface area contributed by atoms with Gasteiger partial charge in [-0.25, -0.2) is 0 Å². The third-order valence-electron chi connectivity index (χ3n) is 6.28. The third-order valence-corrected chi connectivity index (χ3v) is 6.28. The Labute approximate surface area is 165 Å². The topological polar surface area (TPSA) is 75.4 Å². The summed E-state index contributed by atoms with van der Waals surface area (Å²) >= 11 is 0. The highest BCUT2D eigenvalue weighted by atomic mass is 35.5. The van der Waals surface area contributed by atoms with Gasteiger partial charge in [-0.15, -0.1) is 12.4 Å². The minimum atomic E-state index is -0.0582. The number of amides is 2. The van der Waals surface area contributed by atoms with Gasteiger partial charge in [0.15, 0.2) is 0 Å². The van der Waals surface area contributed by atoms with E-state index < -0.39 is 0 Å². The lowest BCUT2D eigenvalue weighted by Crippen LogP contribution is -2.51. The average molecular weight is 388 g/mol. The molecule has 0 spiro atoms. The Kier molecular flexibility index (Phi) is 9.94. The summed E-state index contributed by atoms with van der Waals surface area (Å²) < 4.78 is 0. The lowest BCUT2D eigenvalue weighted by molar-refractivity contribution is -0.140. The van der Waals surface area contributed by atoms with E-state index in [0.717, 1.165) is 45.1 Å². The van der Waals surface area contributed by atoms with Crippen LogP contribution in [0.1, 0.15) is 78.1 Å². The number of halogens is 1. The number of nitrogens with zero attached hydrogens (tertiary/aromatic N) is 1. The fraction of sp³-hybridized carbons (Fsp3) is 0.900. The van der Waals surface area contributed by atoms with Gasteiger partial charge < -0.3 is 16.0 Å². The Hall–Kier alpha value is -0.810. The molecule has 0 bridgehead atoms. The van der Waals surface area contributed by atoms with E-state index in [1.807, 2.05) is 4.90 Å². The number of unbranched alkanes of at least 4 members (excludes halogenated alkanes) is 1. The van der Waals surface area contributed by atoms with Crippen molar-refractivity contribution < 1.29 is 9.59 Å². The zero-order valence-electron chi connectivity index (χ0n) is 16.6. The quantitative estimate of drug-likeness (QED) is 0.658. The standard InChI is InChI=1S/C20H37N3O2.ClH/c1-3-4-12-22-19(25)17-9-8-16(2)23(14-17)18(24)13-20(15-21)10-6-5-7-11-20;/h16-17H,3-15,21H2,1-2H3,(H,22,25);1H. The molecule has 1 saturated heterocycles. The lowest BCUT2D eigenvalue weighted by atomic mass is 9.71. The number of piperidine rings is 1. The molecule has 0 radical (unpaired) electrons. The number of hydrogen-bond donors (Lipinski definition) is 2. The summed E-state index contributed by atoms with van der Waals surface area (Å²) in [4.78, 5) is 27.4. The average Bonchev–Trinajstić information content (AvgIpc) is 2.62. The van der Waals surface area contributed by atoms with E-state index in [-0.39, 0.29) is 41.6 Å². The minimum Gasteiger partial charge on any atom is -0.356 e. The summed E-state index contributed by atoms with van der Waals surface area (Å²) in [7, 11) is 0. The van der Waals surface area contributed by atoms with Crippen molar-refractivity contribution in [2.24, 2.45) is 17.1 Å². The summed E-state index contributed by atoms with van der Waals surface area (Å²) in [5.74, 6) is 0.257. The molecule has 1 heterocycles. The largest absolute Gasteiger partial charge is 0.356 e. The second kappa shape index (κ2) is 11.1. The molecule has 0 aromatic carbocycles. The van der Waals surface area contributed by atoms with Crippen LogP contribution in [0.2, 0.25) is 0 Å². The molecule has 26 heavy (non-hydrogen) atoms. The Morgan fingerprint density at radius 3 is 2.50 bits per heavy atom. The van der Waals surface area contributed by atoms with Crippen LogP contribution in [0.4, 0.5) is 0 Å². The van der Waals surface area contributed by atoms with Crippen LogP contribution in [0, 0.1) is 11.3 Å². The molecule has 6 heteroatoms. The highest BCUT2D eigenvalue weighted by Crippen LogP contribution is 2.39. The highest BCUT2D eigenvalue weighted by Gasteiger charge is 2.38. The maximum absolute atomic E-state index is 13.0. The first-order valence-electron chi connectivity index (χ1n) is 10.3. The number of carbonyl (C=O) groups excluding carboxylic acids is 2. The second-order valence-corrected chi connectivity index (χ2v) is 8.26. The van der Waals surface area contributed by atoms with Crippen LogP contribution in [-0.4, -0.2) is 42.4 Å². The maximum atomic E-state index is 13.0. The molecule has 0 aromatic rings. The molecule has 2 rings (SSSR count). The van der Waals surface area contributed by atoms with Crippen LogP contribution < -0.4 is 11.1 Å². The molecule has 3 N–H and O–H groups in total. The van der Waals surface area contributed by atoms with Crippen LogP contribution in [0.25, 0.3) is 0 Å². The predicted octanol–water partition coefficient (Wildman–Crippen LogP) is 3.25. The molecular weight excluding hydrogens is 350 g/mol. The van der Waals surface area contributed by atoms with Crippen LogP contribution in [0.15, 0.2) is 0 Å². The van der Waals surface area contributed by atoms with Gasteiger partial charge in [0.1, 0.15) is 0 Å². The van der Waals surface area contributed by atoms with E-state index in [0.29, 0.717) is 19.5 Å². The first-order chi connectivity index (χ1) is 12.0. The number of nitrogens with one attached hydrogen (secondary N) is 1. The molecule has 2 unspecified atom stereocenters. The fourth-order valence-electron chi connectivity index (χ4n) is 4.38. The first kappa shape index (κ1) is 23.2. The molecular formula is C20H38ClN3O2. The normalized spacial score (nSPS) is 25.3. The van der Waals surface area contributed by atoms with Gasteiger partial charge in [-0.3, -0.25) is 9.59 Å². The second-order valence-electron chi connectivity index (χ2n) is 8.26. The molecule has 1 saturated carbocycles. The Balaban J connectivity index is 0.00000338. The summed E-state index contributed by atoms with van der Waals surface area (Å²) in [6.07, 6.45) is 10.2. The minimum absolute atomic E-state index is 0. The zero-order chi connectivity index (χ0) is 18.3. The number of carbonyl (C=O) groups is 2. The molecule has 0 aromatic heterocycles.